The number of thiocarbonyl (C=S) groups is 1. The number of thiophene rings is 1. The number of nitrogens with zero attached hydrogens (tertiary/aromatic N) is 1. The lowest BCUT2D eigenvalue weighted by molar-refractivity contribution is 1.17. The minimum atomic E-state index is 0.321. The maximum Gasteiger partial charge on any atom is 0.122 e. The van der Waals surface area contributed by atoms with Gasteiger partial charge in [0.2, 0.25) is 0 Å². The molecule has 0 aliphatic carbocycles. The van der Waals surface area contributed by atoms with Crippen molar-refractivity contribution >= 4 is 34.2 Å². The molecule has 18 heavy (non-hydrogen) atoms. The average molecular weight is 277 g/mol. The predicted octanol–water partition coefficient (Wildman–Crippen LogP) is 3.01. The summed E-state index contributed by atoms with van der Waals surface area (Å²) in [7, 11) is 0. The van der Waals surface area contributed by atoms with Gasteiger partial charge in [-0.15, -0.1) is 11.3 Å². The highest BCUT2D eigenvalue weighted by Gasteiger charge is 2.03. The number of pyridine rings is 1. The maximum atomic E-state index is 5.56. The minimum absolute atomic E-state index is 0.321. The van der Waals surface area contributed by atoms with Gasteiger partial charge >= 0.3 is 0 Å². The Morgan fingerprint density at radius 2 is 2.22 bits per heavy atom. The number of anilines is 1. The molecule has 2 aromatic rings. The van der Waals surface area contributed by atoms with Crippen molar-refractivity contribution in [3.8, 4) is 0 Å². The largest absolute Gasteiger partial charge is 0.388 e. The summed E-state index contributed by atoms with van der Waals surface area (Å²) in [5, 5.41) is 3.35. The molecule has 0 spiro atoms. The van der Waals surface area contributed by atoms with E-state index in [4.69, 9.17) is 18.0 Å². The van der Waals surface area contributed by atoms with Crippen LogP contribution in [0.4, 0.5) is 5.69 Å². The van der Waals surface area contributed by atoms with Crippen molar-refractivity contribution in [1.82, 2.24) is 4.98 Å². The van der Waals surface area contributed by atoms with Crippen LogP contribution in [0.2, 0.25) is 0 Å². The van der Waals surface area contributed by atoms with Crippen molar-refractivity contribution < 1.29 is 0 Å². The van der Waals surface area contributed by atoms with Crippen LogP contribution in [0.1, 0.15) is 21.0 Å². The lowest BCUT2D eigenvalue weighted by Crippen LogP contribution is -2.11. The molecular weight excluding hydrogens is 262 g/mol. The molecule has 3 nitrogen and oxygen atoms in total. The fourth-order valence-corrected chi connectivity index (χ4v) is 2.71. The van der Waals surface area contributed by atoms with Crippen LogP contribution in [0.3, 0.4) is 0 Å². The monoisotopic (exact) mass is 277 g/mol. The number of hydrogen-bond acceptors (Lipinski definition) is 4. The first-order valence-electron chi connectivity index (χ1n) is 5.62. The third kappa shape index (κ3) is 3.05. The summed E-state index contributed by atoms with van der Waals surface area (Å²) in [6, 6.07) is 5.99. The highest BCUT2D eigenvalue weighted by atomic mass is 32.1. The quantitative estimate of drug-likeness (QED) is 0.844. The summed E-state index contributed by atoms with van der Waals surface area (Å²) < 4.78 is 0. The van der Waals surface area contributed by atoms with E-state index in [0.717, 1.165) is 12.2 Å². The van der Waals surface area contributed by atoms with Gasteiger partial charge in [0.25, 0.3) is 0 Å². The molecule has 2 rings (SSSR count). The van der Waals surface area contributed by atoms with E-state index >= 15 is 0 Å². The van der Waals surface area contributed by atoms with Crippen LogP contribution in [0.25, 0.3) is 0 Å². The zero-order valence-corrected chi connectivity index (χ0v) is 12.0. The third-order valence-electron chi connectivity index (χ3n) is 2.70. The highest BCUT2D eigenvalue weighted by molar-refractivity contribution is 7.80. The van der Waals surface area contributed by atoms with Gasteiger partial charge in [0, 0.05) is 28.2 Å². The second-order valence-corrected chi connectivity index (χ2v) is 5.88. The smallest absolute Gasteiger partial charge is 0.122 e. The SMILES string of the molecule is Cc1cc(CNc2ccnc(C(N)=S)c2)sc1C. The van der Waals surface area contributed by atoms with Crippen molar-refractivity contribution in [2.24, 2.45) is 5.73 Å². The molecular formula is C13H15N3S2. The molecule has 0 unspecified atom stereocenters. The predicted molar refractivity (Wildman–Crippen MR) is 81.2 cm³/mol. The fraction of sp³-hybridized carbons (Fsp3) is 0.231. The summed E-state index contributed by atoms with van der Waals surface area (Å²) in [5.41, 5.74) is 8.53. The van der Waals surface area contributed by atoms with Gasteiger partial charge < -0.3 is 11.1 Å². The molecule has 0 aliphatic heterocycles. The van der Waals surface area contributed by atoms with Crippen LogP contribution >= 0.6 is 23.6 Å². The zero-order valence-electron chi connectivity index (χ0n) is 10.4. The third-order valence-corrected chi connectivity index (χ3v) is 4.06. The van der Waals surface area contributed by atoms with E-state index in [1.165, 1.54) is 15.3 Å². The van der Waals surface area contributed by atoms with E-state index in [0.29, 0.717) is 10.7 Å². The summed E-state index contributed by atoms with van der Waals surface area (Å²) in [6.07, 6.45) is 1.71. The van der Waals surface area contributed by atoms with Crippen molar-refractivity contribution in [2.45, 2.75) is 20.4 Å². The molecule has 2 aromatic heterocycles. The van der Waals surface area contributed by atoms with Gasteiger partial charge in [0.05, 0.1) is 5.69 Å². The molecule has 0 atom stereocenters. The molecule has 0 fully saturated rings. The fourth-order valence-electron chi connectivity index (χ4n) is 1.60. The van der Waals surface area contributed by atoms with Gasteiger partial charge in [-0.25, -0.2) is 0 Å². The van der Waals surface area contributed by atoms with E-state index in [2.05, 4.69) is 30.2 Å². The van der Waals surface area contributed by atoms with Gasteiger partial charge in [-0.1, -0.05) is 12.2 Å². The van der Waals surface area contributed by atoms with E-state index in [9.17, 15) is 0 Å². The number of aryl methyl sites for hydroxylation is 2. The van der Waals surface area contributed by atoms with E-state index < -0.39 is 0 Å². The summed E-state index contributed by atoms with van der Waals surface area (Å²) in [6.45, 7) is 5.08. The van der Waals surface area contributed by atoms with Gasteiger partial charge in [0.1, 0.15) is 4.99 Å². The topological polar surface area (TPSA) is 50.9 Å². The number of hydrogen-bond donors (Lipinski definition) is 2. The Morgan fingerprint density at radius 1 is 1.44 bits per heavy atom. The molecule has 5 heteroatoms. The van der Waals surface area contributed by atoms with Crippen LogP contribution in [-0.4, -0.2) is 9.97 Å². The van der Waals surface area contributed by atoms with Crippen molar-refractivity contribution in [3.63, 3.8) is 0 Å². The van der Waals surface area contributed by atoms with Crippen LogP contribution in [0, 0.1) is 13.8 Å². The molecule has 0 aromatic carbocycles. The van der Waals surface area contributed by atoms with Crippen LogP contribution in [-0.2, 0) is 6.54 Å². The van der Waals surface area contributed by atoms with Gasteiger partial charge in [0.15, 0.2) is 0 Å². The Balaban J connectivity index is 2.06. The Hall–Kier alpha value is -1.46. The second kappa shape index (κ2) is 5.46. The number of rotatable bonds is 4. The molecule has 2 heterocycles. The van der Waals surface area contributed by atoms with Gasteiger partial charge in [-0.3, -0.25) is 4.98 Å². The maximum absolute atomic E-state index is 5.56. The normalized spacial score (nSPS) is 10.3. The summed E-state index contributed by atoms with van der Waals surface area (Å²) in [4.78, 5) is 7.11. The van der Waals surface area contributed by atoms with E-state index in [-0.39, 0.29) is 0 Å². The minimum Gasteiger partial charge on any atom is -0.388 e. The molecule has 0 saturated heterocycles. The molecule has 0 aliphatic rings. The van der Waals surface area contributed by atoms with Crippen LogP contribution in [0.5, 0.6) is 0 Å². The van der Waals surface area contributed by atoms with Crippen LogP contribution < -0.4 is 11.1 Å². The van der Waals surface area contributed by atoms with E-state index in [1.807, 2.05) is 23.5 Å². The Bertz CT molecular complexity index is 556. The summed E-state index contributed by atoms with van der Waals surface area (Å²) >= 11 is 6.72. The molecule has 3 N–H and O–H groups in total. The Morgan fingerprint density at radius 3 is 2.83 bits per heavy atom. The van der Waals surface area contributed by atoms with E-state index in [1.54, 1.807) is 6.20 Å². The standard InChI is InChI=1S/C13H15N3S2/c1-8-5-11(18-9(8)2)7-16-10-3-4-15-12(6-10)13(14)17/h3-6H,7H2,1-2H3,(H2,14,17)(H,15,16). The van der Waals surface area contributed by atoms with Crippen molar-refractivity contribution in [2.75, 3.05) is 5.32 Å². The highest BCUT2D eigenvalue weighted by Crippen LogP contribution is 2.21. The number of aromatic nitrogens is 1. The molecule has 0 amide bonds. The first-order chi connectivity index (χ1) is 8.56. The first kappa shape index (κ1) is 13.0. The number of nitrogens with two attached hydrogens (primary N) is 1. The average Bonchev–Trinajstić information content (AvgIpc) is 2.67. The summed E-state index contributed by atoms with van der Waals surface area (Å²) in [5.74, 6) is 0. The number of nitrogens with one attached hydrogen (secondary N) is 1. The molecule has 0 bridgehead atoms. The van der Waals surface area contributed by atoms with Crippen molar-refractivity contribution in [3.05, 3.63) is 45.4 Å². The Labute approximate surface area is 116 Å². The second-order valence-electron chi connectivity index (χ2n) is 4.10. The van der Waals surface area contributed by atoms with Crippen molar-refractivity contribution in [1.29, 1.82) is 0 Å². The Kier molecular flexibility index (Phi) is 3.93. The zero-order chi connectivity index (χ0) is 13.1. The molecule has 94 valence electrons. The van der Waals surface area contributed by atoms with Gasteiger partial charge in [-0.2, -0.15) is 0 Å². The lowest BCUT2D eigenvalue weighted by atomic mass is 10.3. The van der Waals surface area contributed by atoms with Gasteiger partial charge in [-0.05, 0) is 37.6 Å². The molecule has 0 saturated carbocycles. The first-order valence-corrected chi connectivity index (χ1v) is 6.84. The molecule has 0 radical (unpaired) electrons. The van der Waals surface area contributed by atoms with Crippen LogP contribution in [0.15, 0.2) is 24.4 Å². The lowest BCUT2D eigenvalue weighted by Gasteiger charge is -2.05.